The lowest BCUT2D eigenvalue weighted by molar-refractivity contribution is 0.135. The third-order valence-corrected chi connectivity index (χ3v) is 5.71. The van der Waals surface area contributed by atoms with Crippen LogP contribution in [0.2, 0.25) is 0 Å². The number of nitrogens with one attached hydrogen (secondary N) is 1. The molecule has 1 heterocycles. The van der Waals surface area contributed by atoms with E-state index in [2.05, 4.69) is 22.3 Å². The van der Waals surface area contributed by atoms with Gasteiger partial charge >= 0.3 is 6.03 Å². The van der Waals surface area contributed by atoms with Crippen molar-refractivity contribution >= 4 is 6.03 Å². The molecule has 144 valence electrons. The number of carbonyl (C=O) groups excluding carboxylic acids is 1. The number of para-hydroxylation sites is 1. The van der Waals surface area contributed by atoms with E-state index in [1.165, 1.54) is 24.8 Å². The summed E-state index contributed by atoms with van der Waals surface area (Å²) in [4.78, 5) is 16.9. The van der Waals surface area contributed by atoms with Gasteiger partial charge in [-0.3, -0.25) is 4.90 Å². The lowest BCUT2D eigenvalue weighted by atomic mass is 9.96. The molecule has 1 saturated heterocycles. The van der Waals surface area contributed by atoms with Crippen molar-refractivity contribution in [2.75, 3.05) is 39.8 Å². The first-order valence-electron chi connectivity index (χ1n) is 10.2. The Hall–Kier alpha value is -1.75. The fourth-order valence-electron chi connectivity index (χ4n) is 4.09. The Morgan fingerprint density at radius 2 is 1.85 bits per heavy atom. The largest absolute Gasteiger partial charge is 0.496 e. The molecule has 0 atom stereocenters. The lowest BCUT2D eigenvalue weighted by Crippen LogP contribution is -2.53. The zero-order chi connectivity index (χ0) is 18.2. The molecular weight excluding hydrogens is 326 g/mol. The van der Waals surface area contributed by atoms with Gasteiger partial charge in [0.25, 0.3) is 0 Å². The molecule has 1 saturated carbocycles. The Morgan fingerprint density at radius 3 is 2.58 bits per heavy atom. The average Bonchev–Trinajstić information content (AvgIpc) is 2.69. The second-order valence-corrected chi connectivity index (χ2v) is 7.53. The van der Waals surface area contributed by atoms with Crippen LogP contribution in [-0.4, -0.2) is 61.7 Å². The van der Waals surface area contributed by atoms with E-state index in [4.69, 9.17) is 4.74 Å². The normalized spacial score (nSPS) is 19.3. The molecule has 3 rings (SSSR count). The summed E-state index contributed by atoms with van der Waals surface area (Å²) in [5.41, 5.74) is 1.28. The average molecular weight is 360 g/mol. The minimum atomic E-state index is 0.144. The Morgan fingerprint density at radius 1 is 1.12 bits per heavy atom. The van der Waals surface area contributed by atoms with Crippen LogP contribution in [0.5, 0.6) is 5.75 Å². The standard InChI is InChI=1S/C21H33N3O2/c1-26-20-12-6-5-8-18(20)9-7-13-23-14-16-24(17-15-23)21(25)22-19-10-3-2-4-11-19/h5-6,8,12,19H,2-4,7,9-11,13-17H2,1H3,(H,22,25). The maximum Gasteiger partial charge on any atom is 0.317 e. The zero-order valence-corrected chi connectivity index (χ0v) is 16.1. The van der Waals surface area contributed by atoms with E-state index in [1.54, 1.807) is 7.11 Å². The van der Waals surface area contributed by atoms with E-state index in [-0.39, 0.29) is 6.03 Å². The maximum absolute atomic E-state index is 12.4. The van der Waals surface area contributed by atoms with Crippen LogP contribution in [0.1, 0.15) is 44.1 Å². The highest BCUT2D eigenvalue weighted by Crippen LogP contribution is 2.19. The number of piperazine rings is 1. The molecule has 0 spiro atoms. The fraction of sp³-hybridized carbons (Fsp3) is 0.667. The van der Waals surface area contributed by atoms with Crippen molar-refractivity contribution in [2.24, 2.45) is 0 Å². The quantitative estimate of drug-likeness (QED) is 0.848. The molecule has 1 N–H and O–H groups in total. The second kappa shape index (κ2) is 9.81. The van der Waals surface area contributed by atoms with Crippen molar-refractivity contribution < 1.29 is 9.53 Å². The SMILES string of the molecule is COc1ccccc1CCCN1CCN(C(=O)NC2CCCCC2)CC1. The van der Waals surface area contributed by atoms with E-state index in [9.17, 15) is 4.79 Å². The van der Waals surface area contributed by atoms with Crippen LogP contribution in [0.4, 0.5) is 4.79 Å². The molecule has 2 amide bonds. The van der Waals surface area contributed by atoms with Gasteiger partial charge in [0.05, 0.1) is 7.11 Å². The second-order valence-electron chi connectivity index (χ2n) is 7.53. The highest BCUT2D eigenvalue weighted by atomic mass is 16.5. The molecule has 1 aromatic carbocycles. The zero-order valence-electron chi connectivity index (χ0n) is 16.1. The Balaban J connectivity index is 1.35. The van der Waals surface area contributed by atoms with Crippen LogP contribution in [0.25, 0.3) is 0 Å². The van der Waals surface area contributed by atoms with Crippen molar-refractivity contribution in [2.45, 2.75) is 51.0 Å². The molecule has 2 aliphatic rings. The van der Waals surface area contributed by atoms with Crippen molar-refractivity contribution in [1.82, 2.24) is 15.1 Å². The molecule has 5 heteroatoms. The van der Waals surface area contributed by atoms with Gasteiger partial charge in [0, 0.05) is 32.2 Å². The summed E-state index contributed by atoms with van der Waals surface area (Å²) < 4.78 is 5.43. The van der Waals surface area contributed by atoms with Crippen molar-refractivity contribution in [1.29, 1.82) is 0 Å². The van der Waals surface area contributed by atoms with Crippen LogP contribution in [0.15, 0.2) is 24.3 Å². The first kappa shape index (κ1) is 19.0. The van der Waals surface area contributed by atoms with Gasteiger partial charge in [-0.15, -0.1) is 0 Å². The van der Waals surface area contributed by atoms with Gasteiger partial charge in [-0.25, -0.2) is 4.79 Å². The number of aryl methyl sites for hydroxylation is 1. The highest BCUT2D eigenvalue weighted by molar-refractivity contribution is 5.74. The van der Waals surface area contributed by atoms with E-state index < -0.39 is 0 Å². The summed E-state index contributed by atoms with van der Waals surface area (Å²) in [5, 5.41) is 3.24. The van der Waals surface area contributed by atoms with Crippen molar-refractivity contribution in [3.05, 3.63) is 29.8 Å². The van der Waals surface area contributed by atoms with Gasteiger partial charge in [-0.1, -0.05) is 37.5 Å². The first-order chi connectivity index (χ1) is 12.8. The molecule has 26 heavy (non-hydrogen) atoms. The molecule has 2 fully saturated rings. The van der Waals surface area contributed by atoms with E-state index >= 15 is 0 Å². The molecule has 0 aromatic heterocycles. The first-order valence-corrected chi connectivity index (χ1v) is 10.2. The number of methoxy groups -OCH3 is 1. The molecule has 1 aliphatic heterocycles. The Bertz CT molecular complexity index is 564. The molecular formula is C21H33N3O2. The summed E-state index contributed by atoms with van der Waals surface area (Å²) in [6.07, 6.45) is 8.28. The number of urea groups is 1. The number of carbonyl (C=O) groups is 1. The minimum absolute atomic E-state index is 0.144. The van der Waals surface area contributed by atoms with Gasteiger partial charge in [0.1, 0.15) is 5.75 Å². The van der Waals surface area contributed by atoms with Crippen LogP contribution in [0, 0.1) is 0 Å². The summed E-state index contributed by atoms with van der Waals surface area (Å²) in [5.74, 6) is 0.983. The summed E-state index contributed by atoms with van der Waals surface area (Å²) >= 11 is 0. The molecule has 1 aliphatic carbocycles. The predicted octanol–water partition coefficient (Wildman–Crippen LogP) is 3.29. The van der Waals surface area contributed by atoms with Crippen LogP contribution in [0.3, 0.4) is 0 Å². The molecule has 0 unspecified atom stereocenters. The smallest absolute Gasteiger partial charge is 0.317 e. The lowest BCUT2D eigenvalue weighted by Gasteiger charge is -2.36. The van der Waals surface area contributed by atoms with Gasteiger partial charge in [0.15, 0.2) is 0 Å². The molecule has 5 nitrogen and oxygen atoms in total. The van der Waals surface area contributed by atoms with Crippen molar-refractivity contribution in [3.8, 4) is 5.75 Å². The molecule has 0 radical (unpaired) electrons. The highest BCUT2D eigenvalue weighted by Gasteiger charge is 2.23. The number of hydrogen-bond donors (Lipinski definition) is 1. The van der Waals surface area contributed by atoms with Crippen molar-refractivity contribution in [3.63, 3.8) is 0 Å². The maximum atomic E-state index is 12.4. The number of hydrogen-bond acceptors (Lipinski definition) is 3. The van der Waals surface area contributed by atoms with Crippen LogP contribution >= 0.6 is 0 Å². The van der Waals surface area contributed by atoms with Crippen LogP contribution < -0.4 is 10.1 Å². The van der Waals surface area contributed by atoms with Gasteiger partial charge in [-0.2, -0.15) is 0 Å². The topological polar surface area (TPSA) is 44.8 Å². The third kappa shape index (κ3) is 5.37. The number of benzene rings is 1. The van der Waals surface area contributed by atoms with E-state index in [0.717, 1.165) is 64.2 Å². The number of nitrogens with zero attached hydrogens (tertiary/aromatic N) is 2. The summed E-state index contributed by atoms with van der Waals surface area (Å²) in [6, 6.07) is 8.80. The van der Waals surface area contributed by atoms with Gasteiger partial charge < -0.3 is 15.0 Å². The number of rotatable bonds is 6. The Kier molecular flexibility index (Phi) is 7.18. The van der Waals surface area contributed by atoms with Crippen LogP contribution in [-0.2, 0) is 6.42 Å². The monoisotopic (exact) mass is 359 g/mol. The fourth-order valence-corrected chi connectivity index (χ4v) is 4.09. The third-order valence-electron chi connectivity index (χ3n) is 5.71. The van der Waals surface area contributed by atoms with Gasteiger partial charge in [-0.05, 0) is 43.9 Å². The summed E-state index contributed by atoms with van der Waals surface area (Å²) in [7, 11) is 1.73. The van der Waals surface area contributed by atoms with E-state index in [1.807, 2.05) is 17.0 Å². The predicted molar refractivity (Wildman–Crippen MR) is 105 cm³/mol. The molecule has 0 bridgehead atoms. The summed E-state index contributed by atoms with van der Waals surface area (Å²) in [6.45, 7) is 4.71. The van der Waals surface area contributed by atoms with E-state index in [0.29, 0.717) is 6.04 Å². The number of ether oxygens (including phenoxy) is 1. The Labute approximate surface area is 157 Å². The molecule has 1 aromatic rings. The van der Waals surface area contributed by atoms with Gasteiger partial charge in [0.2, 0.25) is 0 Å². The number of amides is 2. The minimum Gasteiger partial charge on any atom is -0.496 e.